The van der Waals surface area contributed by atoms with Crippen LogP contribution >= 0.6 is 0 Å². The Morgan fingerprint density at radius 3 is 2.45 bits per heavy atom. The van der Waals surface area contributed by atoms with Crippen molar-refractivity contribution >= 4 is 26.8 Å². The summed E-state index contributed by atoms with van der Waals surface area (Å²) in [5.74, 6) is 0.657. The van der Waals surface area contributed by atoms with Crippen LogP contribution in [0.3, 0.4) is 0 Å². The van der Waals surface area contributed by atoms with Crippen LogP contribution < -0.4 is 10.0 Å². The van der Waals surface area contributed by atoms with Gasteiger partial charge in [-0.3, -0.25) is 4.21 Å². The molecule has 0 radical (unpaired) electrons. The van der Waals surface area contributed by atoms with Gasteiger partial charge in [-0.25, -0.2) is 23.1 Å². The fourth-order valence-electron chi connectivity index (χ4n) is 1.50. The van der Waals surface area contributed by atoms with Crippen molar-refractivity contribution in [2.75, 3.05) is 23.9 Å². The van der Waals surface area contributed by atoms with E-state index >= 15 is 0 Å². The first-order valence-electron chi connectivity index (χ1n) is 6.23. The second kappa shape index (κ2) is 7.65. The lowest BCUT2D eigenvalue weighted by Gasteiger charge is -2.12. The summed E-state index contributed by atoms with van der Waals surface area (Å²) in [5, 5.41) is 2.96. The third-order valence-corrected chi connectivity index (χ3v) is 4.83. The monoisotopic (exact) mass is 320 g/mol. The van der Waals surface area contributed by atoms with Gasteiger partial charge in [0.1, 0.15) is 4.90 Å². The molecule has 1 aromatic heterocycles. The van der Waals surface area contributed by atoms with Crippen LogP contribution in [0, 0.1) is 0 Å². The summed E-state index contributed by atoms with van der Waals surface area (Å²) in [5.41, 5.74) is 0. The van der Waals surface area contributed by atoms with Crippen molar-refractivity contribution in [3.63, 3.8) is 0 Å². The topological polar surface area (TPSA) is 101 Å². The summed E-state index contributed by atoms with van der Waals surface area (Å²) in [6.07, 6.45) is 4.96. The molecule has 0 bridgehead atoms. The van der Waals surface area contributed by atoms with Gasteiger partial charge >= 0.3 is 0 Å². The minimum absolute atomic E-state index is 0.00622. The lowest BCUT2D eigenvalue weighted by atomic mass is 10.4. The maximum Gasteiger partial charge on any atom is 0.243 e. The van der Waals surface area contributed by atoms with Crippen LogP contribution in [0.2, 0.25) is 0 Å². The van der Waals surface area contributed by atoms with E-state index in [2.05, 4.69) is 20.0 Å². The Morgan fingerprint density at radius 1 is 1.35 bits per heavy atom. The third kappa shape index (κ3) is 5.51. The van der Waals surface area contributed by atoms with E-state index in [1.807, 2.05) is 6.92 Å². The molecule has 0 spiro atoms. The second-order valence-electron chi connectivity index (χ2n) is 4.43. The van der Waals surface area contributed by atoms with Crippen LogP contribution in [-0.2, 0) is 20.8 Å². The van der Waals surface area contributed by atoms with E-state index in [4.69, 9.17) is 0 Å². The second-order valence-corrected chi connectivity index (χ2v) is 7.63. The average molecular weight is 320 g/mol. The Hall–Kier alpha value is -1.06. The zero-order chi connectivity index (χ0) is 15.2. The lowest BCUT2D eigenvalue weighted by Crippen LogP contribution is -2.36. The molecular formula is C11H20N4O3S2. The van der Waals surface area contributed by atoms with E-state index < -0.39 is 26.9 Å². The Balaban J connectivity index is 2.74. The van der Waals surface area contributed by atoms with Gasteiger partial charge in [-0.05, 0) is 13.3 Å². The SMILES string of the molecule is CCCNc1ncc(S(=O)(=O)NC(C)CS(C)=O)cn1. The molecule has 0 saturated carbocycles. The van der Waals surface area contributed by atoms with E-state index in [9.17, 15) is 12.6 Å². The number of rotatable bonds is 8. The van der Waals surface area contributed by atoms with Gasteiger partial charge in [0.15, 0.2) is 0 Å². The average Bonchev–Trinajstić information content (AvgIpc) is 2.35. The molecule has 0 aliphatic carbocycles. The third-order valence-electron chi connectivity index (χ3n) is 2.31. The molecule has 2 N–H and O–H groups in total. The van der Waals surface area contributed by atoms with E-state index in [0.717, 1.165) is 13.0 Å². The van der Waals surface area contributed by atoms with E-state index in [-0.39, 0.29) is 10.6 Å². The quantitative estimate of drug-likeness (QED) is 0.716. The van der Waals surface area contributed by atoms with Gasteiger partial charge < -0.3 is 5.32 Å². The van der Waals surface area contributed by atoms with Crippen molar-refractivity contribution in [1.29, 1.82) is 0 Å². The molecule has 0 fully saturated rings. The van der Waals surface area contributed by atoms with Crippen molar-refractivity contribution in [3.05, 3.63) is 12.4 Å². The summed E-state index contributed by atoms with van der Waals surface area (Å²) >= 11 is 0. The van der Waals surface area contributed by atoms with Gasteiger partial charge in [0, 0.05) is 35.4 Å². The van der Waals surface area contributed by atoms with Crippen LogP contribution in [0.1, 0.15) is 20.3 Å². The molecule has 9 heteroatoms. The molecule has 1 heterocycles. The highest BCUT2D eigenvalue weighted by molar-refractivity contribution is 7.89. The van der Waals surface area contributed by atoms with Crippen molar-refractivity contribution in [3.8, 4) is 0 Å². The first kappa shape index (κ1) is 17.0. The molecule has 0 aliphatic rings. The number of aromatic nitrogens is 2. The smallest absolute Gasteiger partial charge is 0.243 e. The molecule has 0 saturated heterocycles. The van der Waals surface area contributed by atoms with E-state index in [0.29, 0.717) is 5.95 Å². The summed E-state index contributed by atoms with van der Waals surface area (Å²) in [6, 6.07) is -0.413. The Kier molecular flexibility index (Phi) is 6.50. The predicted molar refractivity (Wildman–Crippen MR) is 79.5 cm³/mol. The molecule has 20 heavy (non-hydrogen) atoms. The highest BCUT2D eigenvalue weighted by Crippen LogP contribution is 2.08. The fourth-order valence-corrected chi connectivity index (χ4v) is 3.53. The number of anilines is 1. The van der Waals surface area contributed by atoms with Gasteiger partial charge in [-0.1, -0.05) is 6.92 Å². The number of nitrogens with zero attached hydrogens (tertiary/aromatic N) is 2. The molecule has 7 nitrogen and oxygen atoms in total. The molecule has 2 unspecified atom stereocenters. The maximum atomic E-state index is 12.0. The van der Waals surface area contributed by atoms with Gasteiger partial charge in [0.25, 0.3) is 0 Å². The first-order valence-corrected chi connectivity index (χ1v) is 9.44. The van der Waals surface area contributed by atoms with Crippen LogP contribution in [0.5, 0.6) is 0 Å². The highest BCUT2D eigenvalue weighted by atomic mass is 32.2. The lowest BCUT2D eigenvalue weighted by molar-refractivity contribution is 0.569. The molecular weight excluding hydrogens is 300 g/mol. The number of nitrogens with one attached hydrogen (secondary N) is 2. The zero-order valence-electron chi connectivity index (χ0n) is 11.8. The van der Waals surface area contributed by atoms with Crippen LogP contribution in [0.25, 0.3) is 0 Å². The molecule has 0 aliphatic heterocycles. The Labute approximate surface area is 122 Å². The predicted octanol–water partition coefficient (Wildman–Crippen LogP) is 0.344. The number of hydrogen-bond acceptors (Lipinski definition) is 6. The number of hydrogen-bond donors (Lipinski definition) is 2. The van der Waals surface area contributed by atoms with Crippen molar-refractivity contribution in [1.82, 2.24) is 14.7 Å². The molecule has 114 valence electrons. The van der Waals surface area contributed by atoms with Gasteiger partial charge in [0.05, 0.1) is 12.4 Å². The number of sulfonamides is 1. The van der Waals surface area contributed by atoms with Crippen LogP contribution in [-0.4, -0.2) is 47.2 Å². The normalized spacial score (nSPS) is 14.8. The molecule has 1 rings (SSSR count). The minimum atomic E-state index is -3.68. The summed E-state index contributed by atoms with van der Waals surface area (Å²) in [6.45, 7) is 4.40. The molecule has 2 atom stereocenters. The van der Waals surface area contributed by atoms with Gasteiger partial charge in [-0.2, -0.15) is 0 Å². The zero-order valence-corrected chi connectivity index (χ0v) is 13.4. The minimum Gasteiger partial charge on any atom is -0.354 e. The Morgan fingerprint density at radius 2 is 1.95 bits per heavy atom. The molecule has 1 aromatic rings. The molecule has 0 aromatic carbocycles. The highest BCUT2D eigenvalue weighted by Gasteiger charge is 2.19. The molecule has 0 amide bonds. The maximum absolute atomic E-state index is 12.0. The summed E-state index contributed by atoms with van der Waals surface area (Å²) in [7, 11) is -4.74. The standard InChI is InChI=1S/C11H20N4O3S2/c1-4-5-12-11-13-6-10(7-14-11)20(17,18)15-9(2)8-19(3)16/h6-7,9,15H,4-5,8H2,1-3H3,(H,12,13,14). The van der Waals surface area contributed by atoms with Gasteiger partial charge in [0.2, 0.25) is 16.0 Å². The van der Waals surface area contributed by atoms with E-state index in [1.54, 1.807) is 6.92 Å². The fraction of sp³-hybridized carbons (Fsp3) is 0.636. The van der Waals surface area contributed by atoms with Crippen molar-refractivity contribution in [2.45, 2.75) is 31.2 Å². The van der Waals surface area contributed by atoms with Crippen LogP contribution in [0.15, 0.2) is 17.3 Å². The summed E-state index contributed by atoms with van der Waals surface area (Å²) in [4.78, 5) is 7.89. The van der Waals surface area contributed by atoms with E-state index in [1.165, 1.54) is 18.6 Å². The van der Waals surface area contributed by atoms with Crippen molar-refractivity contribution in [2.24, 2.45) is 0 Å². The Bertz CT molecular complexity index is 545. The van der Waals surface area contributed by atoms with Crippen LogP contribution in [0.4, 0.5) is 5.95 Å². The summed E-state index contributed by atoms with van der Waals surface area (Å²) < 4.78 is 37.6. The van der Waals surface area contributed by atoms with Crippen molar-refractivity contribution < 1.29 is 12.6 Å². The van der Waals surface area contributed by atoms with Gasteiger partial charge in [-0.15, -0.1) is 0 Å². The largest absolute Gasteiger partial charge is 0.354 e. The first-order chi connectivity index (χ1) is 9.35.